The van der Waals surface area contributed by atoms with Gasteiger partial charge in [-0.05, 0) is 0 Å². The van der Waals surface area contributed by atoms with E-state index in [4.69, 9.17) is 0 Å². The first kappa shape index (κ1) is 6.03. The third-order valence-corrected chi connectivity index (χ3v) is 0.709. The average Bonchev–Trinajstić information content (AvgIpc) is 1.93. The standard InChI is InChI=1S/C4H4O5/c5-3-1-4(6)9-8-2-7-3/h1-2H2. The van der Waals surface area contributed by atoms with Crippen molar-refractivity contribution < 1.29 is 24.1 Å². The van der Waals surface area contributed by atoms with E-state index in [1.807, 2.05) is 0 Å². The number of rotatable bonds is 0. The van der Waals surface area contributed by atoms with Crippen LogP contribution in [0.2, 0.25) is 0 Å². The van der Waals surface area contributed by atoms with Gasteiger partial charge in [0.25, 0.3) is 0 Å². The van der Waals surface area contributed by atoms with Gasteiger partial charge in [-0.3, -0.25) is 9.68 Å². The molecule has 0 atom stereocenters. The molecule has 0 unspecified atom stereocenters. The summed E-state index contributed by atoms with van der Waals surface area (Å²) in [4.78, 5) is 28.6. The Balaban J connectivity index is 2.47. The molecule has 0 aromatic heterocycles. The lowest BCUT2D eigenvalue weighted by molar-refractivity contribution is -0.295. The number of esters is 1. The molecule has 0 aliphatic carbocycles. The minimum Gasteiger partial charge on any atom is -0.434 e. The summed E-state index contributed by atoms with van der Waals surface area (Å²) in [5.41, 5.74) is 0. The van der Waals surface area contributed by atoms with Crippen molar-refractivity contribution in [3.05, 3.63) is 0 Å². The minimum atomic E-state index is -0.725. The van der Waals surface area contributed by atoms with E-state index in [2.05, 4.69) is 14.5 Å². The van der Waals surface area contributed by atoms with E-state index in [1.165, 1.54) is 0 Å². The van der Waals surface area contributed by atoms with Crippen molar-refractivity contribution in [3.63, 3.8) is 0 Å². The van der Waals surface area contributed by atoms with Crippen LogP contribution in [-0.2, 0) is 24.1 Å². The molecule has 1 fully saturated rings. The second-order valence-corrected chi connectivity index (χ2v) is 1.38. The number of carbonyl (C=O) groups excluding carboxylic acids is 2. The molecule has 0 N–H and O–H groups in total. The van der Waals surface area contributed by atoms with Gasteiger partial charge in [0, 0.05) is 0 Å². The summed E-state index contributed by atoms with van der Waals surface area (Å²) in [6.45, 7) is -0.315. The van der Waals surface area contributed by atoms with Gasteiger partial charge in [-0.2, -0.15) is 0 Å². The molecule has 9 heavy (non-hydrogen) atoms. The molecular weight excluding hydrogens is 128 g/mol. The number of hydrogen-bond donors (Lipinski definition) is 0. The summed E-state index contributed by atoms with van der Waals surface area (Å²) >= 11 is 0. The first-order valence-corrected chi connectivity index (χ1v) is 2.27. The molecular formula is C4H4O5. The Labute approximate surface area is 50.4 Å². The second-order valence-electron chi connectivity index (χ2n) is 1.38. The van der Waals surface area contributed by atoms with Crippen LogP contribution in [0.5, 0.6) is 0 Å². The number of carbonyl (C=O) groups is 2. The molecule has 5 heteroatoms. The Hall–Kier alpha value is -1.10. The molecule has 0 aromatic carbocycles. The monoisotopic (exact) mass is 132 g/mol. The predicted molar refractivity (Wildman–Crippen MR) is 22.8 cm³/mol. The summed E-state index contributed by atoms with van der Waals surface area (Å²) < 4.78 is 4.27. The van der Waals surface area contributed by atoms with Gasteiger partial charge in [0.1, 0.15) is 6.42 Å². The van der Waals surface area contributed by atoms with Crippen LogP contribution >= 0.6 is 0 Å². The van der Waals surface area contributed by atoms with Gasteiger partial charge in [0.05, 0.1) is 0 Å². The van der Waals surface area contributed by atoms with Crippen LogP contribution in [0.1, 0.15) is 6.42 Å². The Kier molecular flexibility index (Phi) is 1.64. The molecule has 1 aliphatic rings. The molecule has 1 heterocycles. The molecule has 1 rings (SSSR count). The normalized spacial score (nSPS) is 20.0. The van der Waals surface area contributed by atoms with E-state index in [9.17, 15) is 9.59 Å². The Morgan fingerprint density at radius 2 is 2.00 bits per heavy atom. The van der Waals surface area contributed by atoms with Gasteiger partial charge in [0.2, 0.25) is 6.79 Å². The molecule has 0 bridgehead atoms. The van der Waals surface area contributed by atoms with Crippen LogP contribution in [-0.4, -0.2) is 18.7 Å². The molecule has 0 radical (unpaired) electrons. The van der Waals surface area contributed by atoms with Gasteiger partial charge in [0.15, 0.2) is 0 Å². The van der Waals surface area contributed by atoms with Gasteiger partial charge in [-0.25, -0.2) is 4.79 Å². The Morgan fingerprint density at radius 3 is 2.78 bits per heavy atom. The summed E-state index contributed by atoms with van der Waals surface area (Å²) in [5, 5.41) is 0. The Morgan fingerprint density at radius 1 is 1.22 bits per heavy atom. The maximum atomic E-state index is 10.3. The lowest BCUT2D eigenvalue weighted by Gasteiger charge is -1.92. The second kappa shape index (κ2) is 2.45. The molecule has 0 spiro atoms. The van der Waals surface area contributed by atoms with Crippen LogP contribution < -0.4 is 0 Å². The maximum Gasteiger partial charge on any atom is 0.353 e. The molecule has 1 saturated heterocycles. The van der Waals surface area contributed by atoms with Crippen molar-refractivity contribution in [1.29, 1.82) is 0 Å². The SMILES string of the molecule is O=C1CC(=O)OOCO1. The first-order chi connectivity index (χ1) is 4.29. The minimum absolute atomic E-state index is 0.315. The summed E-state index contributed by atoms with van der Waals surface area (Å²) in [6, 6.07) is 0. The largest absolute Gasteiger partial charge is 0.434 e. The number of hydrogen-bond acceptors (Lipinski definition) is 5. The van der Waals surface area contributed by atoms with E-state index in [0.717, 1.165) is 0 Å². The van der Waals surface area contributed by atoms with Crippen molar-refractivity contribution in [2.75, 3.05) is 6.79 Å². The topological polar surface area (TPSA) is 61.8 Å². The average molecular weight is 132 g/mol. The molecule has 0 amide bonds. The third-order valence-electron chi connectivity index (χ3n) is 0.709. The van der Waals surface area contributed by atoms with Gasteiger partial charge < -0.3 is 4.74 Å². The highest BCUT2D eigenvalue weighted by molar-refractivity contribution is 5.91. The van der Waals surface area contributed by atoms with E-state index >= 15 is 0 Å². The molecule has 5 nitrogen and oxygen atoms in total. The fraction of sp³-hybridized carbons (Fsp3) is 0.500. The molecule has 0 saturated carbocycles. The first-order valence-electron chi connectivity index (χ1n) is 2.27. The maximum absolute atomic E-state index is 10.3. The van der Waals surface area contributed by atoms with E-state index in [-0.39, 0.29) is 13.2 Å². The van der Waals surface area contributed by atoms with Crippen LogP contribution in [0.25, 0.3) is 0 Å². The highest BCUT2D eigenvalue weighted by Gasteiger charge is 2.16. The molecule has 0 aromatic rings. The number of cyclic esters (lactones) is 1. The summed E-state index contributed by atoms with van der Waals surface area (Å²) in [5.74, 6) is -1.35. The van der Waals surface area contributed by atoms with Crippen LogP contribution in [0.4, 0.5) is 0 Å². The summed E-state index contributed by atoms with van der Waals surface area (Å²) in [7, 11) is 0. The third kappa shape index (κ3) is 1.69. The van der Waals surface area contributed by atoms with Gasteiger partial charge in [-0.15, -0.1) is 4.89 Å². The smallest absolute Gasteiger partial charge is 0.353 e. The zero-order valence-corrected chi connectivity index (χ0v) is 4.46. The summed E-state index contributed by atoms with van der Waals surface area (Å²) in [6.07, 6.45) is -0.375. The number of ether oxygens (including phenoxy) is 1. The zero-order chi connectivity index (χ0) is 6.69. The molecule has 50 valence electrons. The van der Waals surface area contributed by atoms with Crippen LogP contribution in [0.3, 0.4) is 0 Å². The highest BCUT2D eigenvalue weighted by atomic mass is 17.2. The lowest BCUT2D eigenvalue weighted by Crippen LogP contribution is -2.06. The quantitative estimate of drug-likeness (QED) is 0.249. The van der Waals surface area contributed by atoms with Gasteiger partial charge in [-0.1, -0.05) is 0 Å². The van der Waals surface area contributed by atoms with E-state index in [1.54, 1.807) is 0 Å². The van der Waals surface area contributed by atoms with Crippen LogP contribution in [0.15, 0.2) is 0 Å². The fourth-order valence-electron chi connectivity index (χ4n) is 0.378. The predicted octanol–water partition coefficient (Wildman–Crippen LogP) is -0.634. The van der Waals surface area contributed by atoms with E-state index < -0.39 is 11.9 Å². The van der Waals surface area contributed by atoms with Crippen molar-refractivity contribution in [2.45, 2.75) is 6.42 Å². The van der Waals surface area contributed by atoms with E-state index in [0.29, 0.717) is 0 Å². The van der Waals surface area contributed by atoms with Crippen molar-refractivity contribution in [1.82, 2.24) is 0 Å². The molecule has 1 aliphatic heterocycles. The highest BCUT2D eigenvalue weighted by Crippen LogP contribution is 1.96. The zero-order valence-electron chi connectivity index (χ0n) is 4.46. The van der Waals surface area contributed by atoms with Crippen LogP contribution in [0, 0.1) is 0 Å². The Bertz CT molecular complexity index is 124. The van der Waals surface area contributed by atoms with Crippen molar-refractivity contribution in [2.24, 2.45) is 0 Å². The lowest BCUT2D eigenvalue weighted by atomic mass is 10.4. The van der Waals surface area contributed by atoms with Crippen molar-refractivity contribution >= 4 is 11.9 Å². The van der Waals surface area contributed by atoms with Gasteiger partial charge >= 0.3 is 11.9 Å². The fourth-order valence-corrected chi connectivity index (χ4v) is 0.378. The van der Waals surface area contributed by atoms with Crippen molar-refractivity contribution in [3.8, 4) is 0 Å².